The minimum absolute atomic E-state index is 0.497. The molecule has 1 rings (SSSR count). The third kappa shape index (κ3) is 2.07. The van der Waals surface area contributed by atoms with Crippen molar-refractivity contribution < 1.29 is 5.11 Å². The number of rotatable bonds is 3. The first-order chi connectivity index (χ1) is 5.58. The molecule has 0 aliphatic carbocycles. The van der Waals surface area contributed by atoms with Crippen molar-refractivity contribution in [3.05, 3.63) is 20.8 Å². The zero-order valence-electron chi connectivity index (χ0n) is 6.88. The quantitative estimate of drug-likeness (QED) is 0.862. The van der Waals surface area contributed by atoms with Crippen molar-refractivity contribution in [2.45, 2.75) is 18.9 Å². The molecule has 1 unspecified atom stereocenters. The van der Waals surface area contributed by atoms with Crippen LogP contribution in [0.5, 0.6) is 0 Å². The van der Waals surface area contributed by atoms with E-state index in [1.807, 2.05) is 11.4 Å². The Balaban J connectivity index is 2.88. The third-order valence-corrected chi connectivity index (χ3v) is 3.83. The van der Waals surface area contributed by atoms with Gasteiger partial charge in [0.15, 0.2) is 0 Å². The summed E-state index contributed by atoms with van der Waals surface area (Å²) >= 11 is 4.93. The van der Waals surface area contributed by atoms with Crippen LogP contribution in [0.3, 0.4) is 0 Å². The molecular formula is C8H12BrNOS. The molecule has 0 saturated carbocycles. The minimum atomic E-state index is -0.790. The lowest BCUT2D eigenvalue weighted by molar-refractivity contribution is 0.0536. The average molecular weight is 250 g/mol. The Morgan fingerprint density at radius 3 is 2.83 bits per heavy atom. The van der Waals surface area contributed by atoms with Gasteiger partial charge >= 0.3 is 0 Å². The first-order valence-corrected chi connectivity index (χ1v) is 5.41. The van der Waals surface area contributed by atoms with Crippen molar-refractivity contribution in [2.75, 3.05) is 6.54 Å². The van der Waals surface area contributed by atoms with Crippen LogP contribution in [0.15, 0.2) is 15.9 Å². The summed E-state index contributed by atoms with van der Waals surface area (Å²) in [5.74, 6) is 0. The van der Waals surface area contributed by atoms with Crippen molar-refractivity contribution in [2.24, 2.45) is 5.73 Å². The molecule has 0 spiro atoms. The molecule has 0 radical (unpaired) electrons. The Kier molecular flexibility index (Phi) is 3.29. The maximum Gasteiger partial charge on any atom is 0.0983 e. The Labute approximate surface area is 84.5 Å². The van der Waals surface area contributed by atoms with Gasteiger partial charge in [-0.1, -0.05) is 0 Å². The van der Waals surface area contributed by atoms with Crippen molar-refractivity contribution >= 4 is 27.3 Å². The van der Waals surface area contributed by atoms with Gasteiger partial charge in [-0.3, -0.25) is 0 Å². The fourth-order valence-corrected chi connectivity index (χ4v) is 2.96. The number of nitrogens with two attached hydrogens (primary N) is 1. The molecule has 1 atom stereocenters. The van der Waals surface area contributed by atoms with Crippen LogP contribution in [0.25, 0.3) is 0 Å². The van der Waals surface area contributed by atoms with Crippen LogP contribution in [0.4, 0.5) is 0 Å². The standard InChI is InChI=1S/C8H12BrNOS/c1-8(11,3-4-10)7-6(9)2-5-12-7/h2,5,11H,3-4,10H2,1H3. The molecule has 0 amide bonds. The topological polar surface area (TPSA) is 46.2 Å². The summed E-state index contributed by atoms with van der Waals surface area (Å²) in [6.07, 6.45) is 0.589. The van der Waals surface area contributed by atoms with E-state index in [0.29, 0.717) is 13.0 Å². The van der Waals surface area contributed by atoms with Crippen LogP contribution in [0.2, 0.25) is 0 Å². The zero-order chi connectivity index (χ0) is 9.19. The smallest absolute Gasteiger partial charge is 0.0983 e. The van der Waals surface area contributed by atoms with Gasteiger partial charge in [0.2, 0.25) is 0 Å². The van der Waals surface area contributed by atoms with Crippen LogP contribution in [-0.4, -0.2) is 11.7 Å². The molecule has 1 aromatic heterocycles. The summed E-state index contributed by atoms with van der Waals surface area (Å²) in [6.45, 7) is 2.29. The highest BCUT2D eigenvalue weighted by atomic mass is 79.9. The van der Waals surface area contributed by atoms with Gasteiger partial charge < -0.3 is 10.8 Å². The Bertz CT molecular complexity index is 259. The summed E-state index contributed by atoms with van der Waals surface area (Å²) in [5, 5.41) is 11.9. The molecule has 0 bridgehead atoms. The van der Waals surface area contributed by atoms with Crippen LogP contribution < -0.4 is 5.73 Å². The monoisotopic (exact) mass is 249 g/mol. The van der Waals surface area contributed by atoms with E-state index < -0.39 is 5.60 Å². The second kappa shape index (κ2) is 3.87. The molecule has 12 heavy (non-hydrogen) atoms. The maximum absolute atomic E-state index is 9.96. The predicted molar refractivity (Wildman–Crippen MR) is 55.3 cm³/mol. The first kappa shape index (κ1) is 10.2. The largest absolute Gasteiger partial charge is 0.385 e. The lowest BCUT2D eigenvalue weighted by Crippen LogP contribution is -2.24. The van der Waals surface area contributed by atoms with E-state index in [9.17, 15) is 5.11 Å². The van der Waals surface area contributed by atoms with Gasteiger partial charge in [0.25, 0.3) is 0 Å². The van der Waals surface area contributed by atoms with Crippen LogP contribution in [0.1, 0.15) is 18.2 Å². The van der Waals surface area contributed by atoms with E-state index in [1.165, 1.54) is 0 Å². The summed E-state index contributed by atoms with van der Waals surface area (Å²) in [6, 6.07) is 1.94. The molecular weight excluding hydrogens is 238 g/mol. The first-order valence-electron chi connectivity index (χ1n) is 3.74. The summed E-state index contributed by atoms with van der Waals surface area (Å²) in [7, 11) is 0. The van der Waals surface area contributed by atoms with Gasteiger partial charge in [-0.2, -0.15) is 0 Å². The highest BCUT2D eigenvalue weighted by molar-refractivity contribution is 9.10. The SMILES string of the molecule is CC(O)(CCN)c1sccc1Br. The van der Waals surface area contributed by atoms with E-state index in [-0.39, 0.29) is 0 Å². The second-order valence-electron chi connectivity index (χ2n) is 2.91. The van der Waals surface area contributed by atoms with E-state index in [0.717, 1.165) is 9.35 Å². The Morgan fingerprint density at radius 1 is 1.75 bits per heavy atom. The second-order valence-corrected chi connectivity index (χ2v) is 4.68. The van der Waals surface area contributed by atoms with Crippen LogP contribution in [-0.2, 0) is 5.60 Å². The fraction of sp³-hybridized carbons (Fsp3) is 0.500. The molecule has 0 aromatic carbocycles. The van der Waals surface area contributed by atoms with E-state index in [1.54, 1.807) is 18.3 Å². The van der Waals surface area contributed by atoms with Gasteiger partial charge in [0.05, 0.1) is 10.5 Å². The number of hydrogen-bond acceptors (Lipinski definition) is 3. The van der Waals surface area contributed by atoms with Crippen LogP contribution >= 0.6 is 27.3 Å². The Hall–Kier alpha value is 0.100. The number of thiophene rings is 1. The Morgan fingerprint density at radius 2 is 2.42 bits per heavy atom. The van der Waals surface area contributed by atoms with Crippen LogP contribution in [0, 0.1) is 0 Å². The lowest BCUT2D eigenvalue weighted by atomic mass is 10.0. The molecule has 68 valence electrons. The van der Waals surface area contributed by atoms with Crippen molar-refractivity contribution in [3.63, 3.8) is 0 Å². The molecule has 2 nitrogen and oxygen atoms in total. The van der Waals surface area contributed by atoms with Gasteiger partial charge in [0.1, 0.15) is 0 Å². The minimum Gasteiger partial charge on any atom is -0.385 e. The molecule has 0 saturated heterocycles. The number of halogens is 1. The molecule has 3 N–H and O–H groups in total. The normalized spacial score (nSPS) is 16.0. The number of aliphatic hydroxyl groups is 1. The predicted octanol–water partition coefficient (Wildman–Crippen LogP) is 2.07. The maximum atomic E-state index is 9.96. The highest BCUT2D eigenvalue weighted by Gasteiger charge is 2.25. The van der Waals surface area contributed by atoms with E-state index in [4.69, 9.17) is 5.73 Å². The molecule has 0 aliphatic rings. The third-order valence-electron chi connectivity index (χ3n) is 1.74. The number of hydrogen-bond donors (Lipinski definition) is 2. The van der Waals surface area contributed by atoms with E-state index >= 15 is 0 Å². The summed E-state index contributed by atoms with van der Waals surface area (Å²) in [4.78, 5) is 0.952. The molecule has 1 heterocycles. The molecule has 0 fully saturated rings. The fourth-order valence-electron chi connectivity index (χ4n) is 1.07. The summed E-state index contributed by atoms with van der Waals surface area (Å²) in [5.41, 5.74) is 4.61. The van der Waals surface area contributed by atoms with Gasteiger partial charge in [0, 0.05) is 4.47 Å². The molecule has 4 heteroatoms. The molecule has 0 aliphatic heterocycles. The van der Waals surface area contributed by atoms with Crippen molar-refractivity contribution in [1.29, 1.82) is 0 Å². The van der Waals surface area contributed by atoms with Gasteiger partial charge in [-0.25, -0.2) is 0 Å². The average Bonchev–Trinajstić information content (AvgIpc) is 2.35. The lowest BCUT2D eigenvalue weighted by Gasteiger charge is -2.21. The highest BCUT2D eigenvalue weighted by Crippen LogP contribution is 2.34. The van der Waals surface area contributed by atoms with E-state index in [2.05, 4.69) is 15.9 Å². The summed E-state index contributed by atoms with van der Waals surface area (Å²) < 4.78 is 0.964. The molecule has 1 aromatic rings. The van der Waals surface area contributed by atoms with Crippen molar-refractivity contribution in [1.82, 2.24) is 0 Å². The van der Waals surface area contributed by atoms with Crippen molar-refractivity contribution in [3.8, 4) is 0 Å². The zero-order valence-corrected chi connectivity index (χ0v) is 9.28. The van der Waals surface area contributed by atoms with Gasteiger partial charge in [-0.15, -0.1) is 11.3 Å². The van der Waals surface area contributed by atoms with Gasteiger partial charge in [-0.05, 0) is 47.3 Å².